The number of carbonyl (C=O) groups is 2. The standard InChI is InChI=1S/C22H29N3O3/c1-5-13-25-21(26)19(16-7-9-18(10-8-16)28-6-2)20(22(25)27)24(4)17-11-14-23(3)15-12-17/h5,7-10,17H,1,6,11-15H2,2-4H3. The predicted octanol–water partition coefficient (Wildman–Crippen LogP) is 2.38. The van der Waals surface area contributed by atoms with Crippen molar-refractivity contribution in [1.29, 1.82) is 0 Å². The van der Waals surface area contributed by atoms with Gasteiger partial charge in [-0.1, -0.05) is 18.2 Å². The molecule has 1 aromatic rings. The van der Waals surface area contributed by atoms with Crippen molar-refractivity contribution < 1.29 is 14.3 Å². The van der Waals surface area contributed by atoms with E-state index >= 15 is 0 Å². The van der Waals surface area contributed by atoms with E-state index in [0.717, 1.165) is 37.2 Å². The number of imide groups is 1. The van der Waals surface area contributed by atoms with Gasteiger partial charge in [-0.25, -0.2) is 0 Å². The highest BCUT2D eigenvalue weighted by atomic mass is 16.5. The molecule has 0 bridgehead atoms. The summed E-state index contributed by atoms with van der Waals surface area (Å²) in [5.41, 5.74) is 1.70. The molecule has 3 rings (SSSR count). The molecule has 0 aliphatic carbocycles. The fraction of sp³-hybridized carbons (Fsp3) is 0.455. The summed E-state index contributed by atoms with van der Waals surface area (Å²) in [5, 5.41) is 0. The maximum Gasteiger partial charge on any atom is 0.278 e. The van der Waals surface area contributed by atoms with Crippen LogP contribution in [0.15, 0.2) is 42.6 Å². The molecule has 0 spiro atoms. The predicted molar refractivity (Wildman–Crippen MR) is 110 cm³/mol. The number of benzene rings is 1. The Labute approximate surface area is 167 Å². The van der Waals surface area contributed by atoms with E-state index in [2.05, 4.69) is 18.5 Å². The smallest absolute Gasteiger partial charge is 0.278 e. The van der Waals surface area contributed by atoms with Gasteiger partial charge >= 0.3 is 0 Å². The fourth-order valence-corrected chi connectivity index (χ4v) is 3.89. The van der Waals surface area contributed by atoms with E-state index in [0.29, 0.717) is 17.9 Å². The van der Waals surface area contributed by atoms with Crippen molar-refractivity contribution in [3.63, 3.8) is 0 Å². The molecular formula is C22H29N3O3. The van der Waals surface area contributed by atoms with Crippen molar-refractivity contribution in [2.24, 2.45) is 0 Å². The molecule has 6 heteroatoms. The van der Waals surface area contributed by atoms with Crippen LogP contribution in [-0.4, -0.2) is 72.9 Å². The average Bonchev–Trinajstić information content (AvgIpc) is 2.94. The zero-order chi connectivity index (χ0) is 20.3. The second kappa shape index (κ2) is 8.61. The van der Waals surface area contributed by atoms with Gasteiger partial charge in [-0.2, -0.15) is 0 Å². The Bertz CT molecular complexity index is 777. The van der Waals surface area contributed by atoms with Crippen LogP contribution in [0.1, 0.15) is 25.3 Å². The number of rotatable bonds is 7. The van der Waals surface area contributed by atoms with Crippen LogP contribution in [0, 0.1) is 0 Å². The van der Waals surface area contributed by atoms with Gasteiger partial charge < -0.3 is 14.5 Å². The first kappa shape index (κ1) is 20.1. The number of ether oxygens (including phenoxy) is 1. The third kappa shape index (κ3) is 3.83. The largest absolute Gasteiger partial charge is 0.494 e. The summed E-state index contributed by atoms with van der Waals surface area (Å²) in [4.78, 5) is 31.8. The van der Waals surface area contributed by atoms with Crippen LogP contribution in [0.3, 0.4) is 0 Å². The number of amides is 2. The number of likely N-dealkylation sites (N-methyl/N-ethyl adjacent to an activating group) is 1. The molecule has 0 aromatic heterocycles. The third-order valence-corrected chi connectivity index (χ3v) is 5.50. The number of likely N-dealkylation sites (tertiary alicyclic amines) is 1. The molecule has 0 saturated carbocycles. The molecule has 1 fully saturated rings. The van der Waals surface area contributed by atoms with Crippen LogP contribution in [0.4, 0.5) is 0 Å². The lowest BCUT2D eigenvalue weighted by Crippen LogP contribution is -2.43. The van der Waals surface area contributed by atoms with Crippen LogP contribution in [0.5, 0.6) is 5.75 Å². The summed E-state index contributed by atoms with van der Waals surface area (Å²) < 4.78 is 5.50. The SMILES string of the molecule is C=CCN1C(=O)C(c2ccc(OCC)cc2)=C(N(C)C2CCN(C)CC2)C1=O. The molecule has 1 aromatic carbocycles. The minimum atomic E-state index is -0.260. The molecule has 28 heavy (non-hydrogen) atoms. The Morgan fingerprint density at radius 3 is 2.39 bits per heavy atom. The molecule has 2 amide bonds. The first-order chi connectivity index (χ1) is 13.5. The highest BCUT2D eigenvalue weighted by Crippen LogP contribution is 2.34. The quantitative estimate of drug-likeness (QED) is 0.535. The topological polar surface area (TPSA) is 53.1 Å². The molecule has 2 aliphatic rings. The van der Waals surface area contributed by atoms with Gasteiger partial charge in [0.2, 0.25) is 0 Å². The highest BCUT2D eigenvalue weighted by molar-refractivity contribution is 6.35. The summed E-state index contributed by atoms with van der Waals surface area (Å²) in [6, 6.07) is 7.63. The molecule has 1 saturated heterocycles. The number of carbonyl (C=O) groups excluding carboxylic acids is 2. The van der Waals surface area contributed by atoms with Crippen LogP contribution in [0.25, 0.3) is 5.57 Å². The molecular weight excluding hydrogens is 354 g/mol. The maximum atomic E-state index is 13.1. The summed E-state index contributed by atoms with van der Waals surface area (Å²) >= 11 is 0. The molecule has 2 aliphatic heterocycles. The van der Waals surface area contributed by atoms with E-state index in [1.165, 1.54) is 4.90 Å². The lowest BCUT2D eigenvalue weighted by Gasteiger charge is -2.36. The van der Waals surface area contributed by atoms with Gasteiger partial charge in [0, 0.05) is 19.6 Å². The zero-order valence-corrected chi connectivity index (χ0v) is 17.0. The third-order valence-electron chi connectivity index (χ3n) is 5.50. The van der Waals surface area contributed by atoms with Crippen LogP contribution in [0.2, 0.25) is 0 Å². The Hall–Kier alpha value is -2.60. The first-order valence-corrected chi connectivity index (χ1v) is 9.83. The summed E-state index contributed by atoms with van der Waals surface area (Å²) in [5.74, 6) is 0.246. The minimum absolute atomic E-state index is 0.211. The van der Waals surface area contributed by atoms with E-state index in [1.54, 1.807) is 6.08 Å². The number of nitrogens with zero attached hydrogens (tertiary/aromatic N) is 3. The average molecular weight is 383 g/mol. The van der Waals surface area contributed by atoms with Crippen LogP contribution >= 0.6 is 0 Å². The molecule has 6 nitrogen and oxygen atoms in total. The van der Waals surface area contributed by atoms with E-state index < -0.39 is 0 Å². The number of hydrogen-bond acceptors (Lipinski definition) is 5. The second-order valence-electron chi connectivity index (χ2n) is 7.34. The van der Waals surface area contributed by atoms with Crippen molar-refractivity contribution in [3.05, 3.63) is 48.2 Å². The Kier molecular flexibility index (Phi) is 6.19. The fourth-order valence-electron chi connectivity index (χ4n) is 3.89. The number of hydrogen-bond donors (Lipinski definition) is 0. The summed E-state index contributed by atoms with van der Waals surface area (Å²) in [6.45, 7) is 8.38. The van der Waals surface area contributed by atoms with Gasteiger partial charge in [0.25, 0.3) is 11.8 Å². The Morgan fingerprint density at radius 1 is 1.18 bits per heavy atom. The molecule has 0 radical (unpaired) electrons. The van der Waals surface area contributed by atoms with Gasteiger partial charge in [0.1, 0.15) is 11.4 Å². The van der Waals surface area contributed by atoms with Crippen molar-refractivity contribution in [1.82, 2.24) is 14.7 Å². The highest BCUT2D eigenvalue weighted by Gasteiger charge is 2.41. The van der Waals surface area contributed by atoms with Crippen LogP contribution < -0.4 is 4.74 Å². The monoisotopic (exact) mass is 383 g/mol. The first-order valence-electron chi connectivity index (χ1n) is 9.83. The van der Waals surface area contributed by atoms with Gasteiger partial charge in [0.15, 0.2) is 0 Å². The zero-order valence-electron chi connectivity index (χ0n) is 17.0. The maximum absolute atomic E-state index is 13.1. The van der Waals surface area contributed by atoms with Crippen LogP contribution in [-0.2, 0) is 9.59 Å². The normalized spacial score (nSPS) is 18.8. The summed E-state index contributed by atoms with van der Waals surface area (Å²) in [6.07, 6.45) is 3.52. The lowest BCUT2D eigenvalue weighted by molar-refractivity contribution is -0.137. The van der Waals surface area contributed by atoms with Gasteiger partial charge in [-0.3, -0.25) is 14.5 Å². The van der Waals surface area contributed by atoms with E-state index in [9.17, 15) is 9.59 Å². The van der Waals surface area contributed by atoms with Gasteiger partial charge in [0.05, 0.1) is 12.2 Å². The van der Waals surface area contributed by atoms with Crippen molar-refractivity contribution >= 4 is 17.4 Å². The van der Waals surface area contributed by atoms with Gasteiger partial charge in [-0.15, -0.1) is 6.58 Å². The van der Waals surface area contributed by atoms with Crippen molar-refractivity contribution in [2.75, 3.05) is 40.3 Å². The number of piperidine rings is 1. The van der Waals surface area contributed by atoms with E-state index in [-0.39, 0.29) is 24.4 Å². The second-order valence-corrected chi connectivity index (χ2v) is 7.34. The molecule has 0 N–H and O–H groups in total. The lowest BCUT2D eigenvalue weighted by atomic mass is 10.00. The van der Waals surface area contributed by atoms with E-state index in [4.69, 9.17) is 4.74 Å². The van der Waals surface area contributed by atoms with Crippen molar-refractivity contribution in [2.45, 2.75) is 25.8 Å². The van der Waals surface area contributed by atoms with Crippen molar-refractivity contribution in [3.8, 4) is 5.75 Å². The molecule has 150 valence electrons. The summed E-state index contributed by atoms with van der Waals surface area (Å²) in [7, 11) is 4.04. The Balaban J connectivity index is 1.99. The molecule has 0 atom stereocenters. The van der Waals surface area contributed by atoms with E-state index in [1.807, 2.05) is 43.1 Å². The van der Waals surface area contributed by atoms with Gasteiger partial charge in [-0.05, 0) is 57.6 Å². The molecule has 0 unspecified atom stereocenters. The molecule has 2 heterocycles. The Morgan fingerprint density at radius 2 is 1.82 bits per heavy atom. The minimum Gasteiger partial charge on any atom is -0.494 e.